The molecule has 2 N–H and O–H groups in total. The summed E-state index contributed by atoms with van der Waals surface area (Å²) in [6, 6.07) is 8.19. The molecule has 0 radical (unpaired) electrons. The number of hydrogen-bond acceptors (Lipinski definition) is 1. The second kappa shape index (κ2) is 6.86. The summed E-state index contributed by atoms with van der Waals surface area (Å²) in [5.74, 6) is 0.602. The van der Waals surface area contributed by atoms with E-state index in [0.29, 0.717) is 11.0 Å². The summed E-state index contributed by atoms with van der Waals surface area (Å²) < 4.78 is 1.09. The van der Waals surface area contributed by atoms with Gasteiger partial charge >= 0.3 is 0 Å². The molecule has 1 aromatic carbocycles. The maximum atomic E-state index is 5.17. The molecule has 0 atom stereocenters. The molecule has 4 heteroatoms. The summed E-state index contributed by atoms with van der Waals surface area (Å²) >= 11 is 8.61. The molecule has 0 aromatic heterocycles. The molecule has 0 fully saturated rings. The van der Waals surface area contributed by atoms with E-state index >= 15 is 0 Å². The van der Waals surface area contributed by atoms with E-state index in [4.69, 9.17) is 12.2 Å². The number of thiocarbonyl (C=S) groups is 1. The maximum Gasteiger partial charge on any atom is 0.166 e. The lowest BCUT2D eigenvalue weighted by molar-refractivity contribution is 0.619. The molecule has 0 saturated heterocycles. The van der Waals surface area contributed by atoms with Crippen molar-refractivity contribution in [3.05, 3.63) is 34.3 Å². The Hall–Kier alpha value is -0.610. The van der Waals surface area contributed by atoms with Crippen molar-refractivity contribution in [1.29, 1.82) is 0 Å². The Labute approximate surface area is 111 Å². The molecular formula is C12H17BrN2S. The SMILES string of the molecule is CC(C)CNC(=S)NCc1cccc(Br)c1. The van der Waals surface area contributed by atoms with Crippen LogP contribution in [0.3, 0.4) is 0 Å². The van der Waals surface area contributed by atoms with Crippen molar-refractivity contribution >= 4 is 33.3 Å². The molecule has 2 nitrogen and oxygen atoms in total. The van der Waals surface area contributed by atoms with Gasteiger partial charge in [-0.2, -0.15) is 0 Å². The largest absolute Gasteiger partial charge is 0.362 e. The van der Waals surface area contributed by atoms with Crippen LogP contribution in [0.4, 0.5) is 0 Å². The number of benzene rings is 1. The predicted octanol–water partition coefficient (Wildman–Crippen LogP) is 3.07. The molecule has 1 aromatic rings. The van der Waals surface area contributed by atoms with E-state index in [1.54, 1.807) is 0 Å². The number of halogens is 1. The standard InChI is InChI=1S/C12H17BrN2S/c1-9(2)7-14-12(16)15-8-10-4-3-5-11(13)6-10/h3-6,9H,7-8H2,1-2H3,(H2,14,15,16). The van der Waals surface area contributed by atoms with Crippen LogP contribution in [0.25, 0.3) is 0 Å². The Kier molecular flexibility index (Phi) is 5.77. The van der Waals surface area contributed by atoms with Crippen LogP contribution in [0.5, 0.6) is 0 Å². The molecule has 0 aliphatic carbocycles. The summed E-state index contributed by atoms with van der Waals surface area (Å²) in [5, 5.41) is 7.07. The van der Waals surface area contributed by atoms with Gasteiger partial charge in [-0.05, 0) is 35.8 Å². The van der Waals surface area contributed by atoms with Gasteiger partial charge < -0.3 is 10.6 Å². The second-order valence-corrected chi connectivity index (χ2v) is 5.41. The predicted molar refractivity (Wildman–Crippen MR) is 76.4 cm³/mol. The average Bonchev–Trinajstić information content (AvgIpc) is 2.23. The molecule has 0 aliphatic heterocycles. The van der Waals surface area contributed by atoms with Crippen LogP contribution < -0.4 is 10.6 Å². The molecule has 0 spiro atoms. The number of nitrogens with one attached hydrogen (secondary N) is 2. The highest BCUT2D eigenvalue weighted by Crippen LogP contribution is 2.11. The minimum absolute atomic E-state index is 0.602. The van der Waals surface area contributed by atoms with Crippen molar-refractivity contribution in [2.24, 2.45) is 5.92 Å². The lowest BCUT2D eigenvalue weighted by atomic mass is 10.2. The zero-order chi connectivity index (χ0) is 12.0. The van der Waals surface area contributed by atoms with Crippen molar-refractivity contribution in [2.45, 2.75) is 20.4 Å². The van der Waals surface area contributed by atoms with Gasteiger partial charge in [-0.1, -0.05) is 41.9 Å². The monoisotopic (exact) mass is 300 g/mol. The van der Waals surface area contributed by atoms with Crippen LogP contribution in [0, 0.1) is 5.92 Å². The van der Waals surface area contributed by atoms with Gasteiger partial charge in [0.25, 0.3) is 0 Å². The Morgan fingerprint density at radius 1 is 1.38 bits per heavy atom. The van der Waals surface area contributed by atoms with Crippen molar-refractivity contribution < 1.29 is 0 Å². The smallest absolute Gasteiger partial charge is 0.166 e. The first kappa shape index (κ1) is 13.5. The Morgan fingerprint density at radius 2 is 2.12 bits per heavy atom. The first-order valence-corrected chi connectivity index (χ1v) is 6.54. The minimum Gasteiger partial charge on any atom is -0.362 e. The fourth-order valence-corrected chi connectivity index (χ4v) is 1.79. The van der Waals surface area contributed by atoms with Crippen LogP contribution in [-0.4, -0.2) is 11.7 Å². The van der Waals surface area contributed by atoms with E-state index in [0.717, 1.165) is 17.6 Å². The highest BCUT2D eigenvalue weighted by atomic mass is 79.9. The molecular weight excluding hydrogens is 284 g/mol. The summed E-state index contributed by atoms with van der Waals surface area (Å²) in [7, 11) is 0. The van der Waals surface area contributed by atoms with Crippen LogP contribution in [0.15, 0.2) is 28.7 Å². The Morgan fingerprint density at radius 3 is 2.75 bits per heavy atom. The van der Waals surface area contributed by atoms with Gasteiger partial charge in [-0.25, -0.2) is 0 Å². The highest BCUT2D eigenvalue weighted by molar-refractivity contribution is 9.10. The topological polar surface area (TPSA) is 24.1 Å². The molecule has 0 aliphatic rings. The summed E-state index contributed by atoms with van der Waals surface area (Å²) in [6.45, 7) is 5.97. The maximum absolute atomic E-state index is 5.17. The van der Waals surface area contributed by atoms with E-state index in [2.05, 4.69) is 52.5 Å². The lowest BCUT2D eigenvalue weighted by Crippen LogP contribution is -2.36. The summed E-state index contributed by atoms with van der Waals surface area (Å²) in [5.41, 5.74) is 1.21. The van der Waals surface area contributed by atoms with Crippen LogP contribution in [0.1, 0.15) is 19.4 Å². The average molecular weight is 301 g/mol. The van der Waals surface area contributed by atoms with Crippen LogP contribution >= 0.6 is 28.1 Å². The molecule has 16 heavy (non-hydrogen) atoms. The van der Waals surface area contributed by atoms with Gasteiger partial charge in [0.05, 0.1) is 0 Å². The quantitative estimate of drug-likeness (QED) is 0.836. The third-order valence-corrected chi connectivity index (χ3v) is 2.79. The summed E-state index contributed by atoms with van der Waals surface area (Å²) in [4.78, 5) is 0. The van der Waals surface area contributed by atoms with Gasteiger partial charge in [-0.3, -0.25) is 0 Å². The zero-order valence-electron chi connectivity index (χ0n) is 9.59. The second-order valence-electron chi connectivity index (χ2n) is 4.09. The van der Waals surface area contributed by atoms with E-state index < -0.39 is 0 Å². The van der Waals surface area contributed by atoms with Crippen LogP contribution in [0.2, 0.25) is 0 Å². The minimum atomic E-state index is 0.602. The van der Waals surface area contributed by atoms with Gasteiger partial charge in [0.1, 0.15) is 0 Å². The Balaban J connectivity index is 2.31. The van der Waals surface area contributed by atoms with E-state index in [1.807, 2.05) is 12.1 Å². The number of hydrogen-bond donors (Lipinski definition) is 2. The molecule has 88 valence electrons. The van der Waals surface area contributed by atoms with Crippen molar-refractivity contribution in [2.75, 3.05) is 6.54 Å². The third kappa shape index (κ3) is 5.47. The van der Waals surface area contributed by atoms with Gasteiger partial charge in [0, 0.05) is 17.6 Å². The fourth-order valence-electron chi connectivity index (χ4n) is 1.19. The molecule has 0 amide bonds. The van der Waals surface area contributed by atoms with E-state index in [1.165, 1.54) is 5.56 Å². The van der Waals surface area contributed by atoms with E-state index in [-0.39, 0.29) is 0 Å². The molecule has 0 unspecified atom stereocenters. The molecule has 0 heterocycles. The number of rotatable bonds is 4. The van der Waals surface area contributed by atoms with Gasteiger partial charge in [-0.15, -0.1) is 0 Å². The third-order valence-electron chi connectivity index (χ3n) is 2.01. The molecule has 1 rings (SSSR count). The highest BCUT2D eigenvalue weighted by Gasteiger charge is 1.98. The molecule has 0 bridgehead atoms. The van der Waals surface area contributed by atoms with Gasteiger partial charge in [0.2, 0.25) is 0 Å². The first-order chi connectivity index (χ1) is 7.58. The zero-order valence-corrected chi connectivity index (χ0v) is 12.0. The van der Waals surface area contributed by atoms with Crippen molar-refractivity contribution in [3.63, 3.8) is 0 Å². The van der Waals surface area contributed by atoms with Crippen molar-refractivity contribution in [3.8, 4) is 0 Å². The Bertz CT molecular complexity index is 353. The van der Waals surface area contributed by atoms with Gasteiger partial charge in [0.15, 0.2) is 5.11 Å². The summed E-state index contributed by atoms with van der Waals surface area (Å²) in [6.07, 6.45) is 0. The first-order valence-electron chi connectivity index (χ1n) is 5.34. The van der Waals surface area contributed by atoms with Crippen molar-refractivity contribution in [1.82, 2.24) is 10.6 Å². The lowest BCUT2D eigenvalue weighted by Gasteiger charge is -2.12. The fraction of sp³-hybridized carbons (Fsp3) is 0.417. The molecule has 0 saturated carbocycles. The normalized spacial score (nSPS) is 10.2. The van der Waals surface area contributed by atoms with Crippen LogP contribution in [-0.2, 0) is 6.54 Å². The van der Waals surface area contributed by atoms with E-state index in [9.17, 15) is 0 Å².